The Labute approximate surface area is 228 Å². The lowest BCUT2D eigenvalue weighted by Gasteiger charge is -2.45. The number of furan rings is 1. The van der Waals surface area contributed by atoms with E-state index in [0.29, 0.717) is 26.2 Å². The van der Waals surface area contributed by atoms with Crippen molar-refractivity contribution in [3.8, 4) is 17.0 Å². The van der Waals surface area contributed by atoms with Crippen LogP contribution >= 0.6 is 0 Å². The number of nitrogens with one attached hydrogen (secondary N) is 1. The molecule has 39 heavy (non-hydrogen) atoms. The van der Waals surface area contributed by atoms with Gasteiger partial charge in [-0.3, -0.25) is 14.5 Å². The maximum atomic E-state index is 13.6. The van der Waals surface area contributed by atoms with E-state index in [2.05, 4.69) is 26.4 Å². The van der Waals surface area contributed by atoms with Gasteiger partial charge in [-0.05, 0) is 36.2 Å². The first-order valence-electron chi connectivity index (χ1n) is 13.3. The number of hydrogen-bond acceptors (Lipinski definition) is 6. The van der Waals surface area contributed by atoms with Gasteiger partial charge in [0.15, 0.2) is 0 Å². The van der Waals surface area contributed by atoms with E-state index in [1.165, 1.54) is 6.33 Å². The van der Waals surface area contributed by atoms with Crippen LogP contribution in [0.5, 0.6) is 0 Å². The normalized spacial score (nSPS) is 17.9. The fraction of sp³-hybridized carbons (Fsp3) is 0.333. The molecule has 0 bridgehead atoms. The molecule has 2 amide bonds. The van der Waals surface area contributed by atoms with Crippen LogP contribution in [-0.4, -0.2) is 61.6 Å². The molecule has 1 N–H and O–H groups in total. The van der Waals surface area contributed by atoms with Crippen molar-refractivity contribution in [1.82, 2.24) is 29.9 Å². The number of hydrogen-bond donors (Lipinski definition) is 1. The van der Waals surface area contributed by atoms with E-state index >= 15 is 0 Å². The van der Waals surface area contributed by atoms with Gasteiger partial charge in [0.1, 0.15) is 24.5 Å². The zero-order valence-electron chi connectivity index (χ0n) is 22.5. The zero-order chi connectivity index (χ0) is 27.4. The lowest BCUT2D eigenvalue weighted by atomic mass is 10.0. The smallest absolute Gasteiger partial charge is 0.244 e. The molecule has 9 nitrogen and oxygen atoms in total. The Morgan fingerprint density at radius 3 is 2.54 bits per heavy atom. The third-order valence-corrected chi connectivity index (χ3v) is 7.09. The number of amides is 2. The van der Waals surface area contributed by atoms with Crippen molar-refractivity contribution in [3.63, 3.8) is 0 Å². The average molecular weight is 527 g/mol. The van der Waals surface area contributed by atoms with Crippen LogP contribution < -0.4 is 5.32 Å². The highest BCUT2D eigenvalue weighted by molar-refractivity contribution is 5.89. The molecular formula is C30H34N6O3. The largest absolute Gasteiger partial charge is 0.464 e. The van der Waals surface area contributed by atoms with Gasteiger partial charge in [-0.1, -0.05) is 56.3 Å². The molecule has 0 aliphatic carbocycles. The molecule has 202 valence electrons. The van der Waals surface area contributed by atoms with E-state index in [4.69, 9.17) is 4.42 Å². The van der Waals surface area contributed by atoms with Crippen molar-refractivity contribution < 1.29 is 14.0 Å². The number of carbonyl (C=O) groups excluding carboxylic acids is 2. The van der Waals surface area contributed by atoms with E-state index in [1.807, 2.05) is 75.4 Å². The predicted molar refractivity (Wildman–Crippen MR) is 148 cm³/mol. The highest BCUT2D eigenvalue weighted by Gasteiger charge is 2.40. The summed E-state index contributed by atoms with van der Waals surface area (Å²) in [6.45, 7) is 7.89. The summed E-state index contributed by atoms with van der Waals surface area (Å²) in [5.41, 5.74) is 3.98. The minimum absolute atomic E-state index is 0.00637. The molecule has 3 heterocycles. The number of para-hydroxylation sites is 1. The summed E-state index contributed by atoms with van der Waals surface area (Å²) in [5.74, 6) is 0.444. The van der Waals surface area contributed by atoms with E-state index in [9.17, 15) is 9.59 Å². The van der Waals surface area contributed by atoms with Crippen molar-refractivity contribution >= 4 is 11.8 Å². The van der Waals surface area contributed by atoms with Gasteiger partial charge in [-0.25, -0.2) is 9.67 Å². The fourth-order valence-electron chi connectivity index (χ4n) is 5.16. The van der Waals surface area contributed by atoms with Gasteiger partial charge in [0.05, 0.1) is 12.0 Å². The summed E-state index contributed by atoms with van der Waals surface area (Å²) < 4.78 is 7.21. The van der Waals surface area contributed by atoms with Crippen molar-refractivity contribution in [1.29, 1.82) is 0 Å². The van der Waals surface area contributed by atoms with Crippen LogP contribution in [0.15, 0.2) is 84.0 Å². The van der Waals surface area contributed by atoms with Crippen molar-refractivity contribution in [2.45, 2.75) is 45.9 Å². The van der Waals surface area contributed by atoms with Crippen LogP contribution in [0, 0.1) is 5.92 Å². The van der Waals surface area contributed by atoms with Crippen molar-refractivity contribution in [3.05, 3.63) is 90.7 Å². The summed E-state index contributed by atoms with van der Waals surface area (Å²) in [7, 11) is 0. The van der Waals surface area contributed by atoms with E-state index < -0.39 is 6.04 Å². The Morgan fingerprint density at radius 1 is 1.05 bits per heavy atom. The average Bonchev–Trinajstić information content (AvgIpc) is 3.67. The molecule has 2 atom stereocenters. The van der Waals surface area contributed by atoms with Crippen molar-refractivity contribution in [2.75, 3.05) is 13.1 Å². The minimum atomic E-state index is -0.593. The van der Waals surface area contributed by atoms with Crippen LogP contribution in [-0.2, 0) is 22.7 Å². The molecule has 2 aromatic carbocycles. The van der Waals surface area contributed by atoms with Crippen LogP contribution in [0.4, 0.5) is 0 Å². The van der Waals surface area contributed by atoms with Gasteiger partial charge >= 0.3 is 0 Å². The molecule has 4 aromatic rings. The first kappa shape index (κ1) is 26.4. The Kier molecular flexibility index (Phi) is 7.88. The van der Waals surface area contributed by atoms with Crippen LogP contribution in [0.2, 0.25) is 0 Å². The van der Waals surface area contributed by atoms with E-state index in [-0.39, 0.29) is 23.8 Å². The van der Waals surface area contributed by atoms with Crippen molar-refractivity contribution in [2.24, 2.45) is 5.92 Å². The molecular weight excluding hydrogens is 492 g/mol. The molecule has 1 aliphatic heterocycles. The van der Waals surface area contributed by atoms with E-state index in [1.54, 1.807) is 22.2 Å². The molecule has 2 aromatic heterocycles. The van der Waals surface area contributed by atoms with Gasteiger partial charge in [0.25, 0.3) is 0 Å². The molecule has 1 saturated heterocycles. The molecule has 0 radical (unpaired) electrons. The summed E-state index contributed by atoms with van der Waals surface area (Å²) in [5, 5.41) is 7.37. The topological polar surface area (TPSA) is 96.5 Å². The fourth-order valence-corrected chi connectivity index (χ4v) is 5.16. The molecule has 5 rings (SSSR count). The summed E-state index contributed by atoms with van der Waals surface area (Å²) in [6.07, 6.45) is 4.84. The van der Waals surface area contributed by atoms with Crippen LogP contribution in [0.1, 0.15) is 31.9 Å². The monoisotopic (exact) mass is 526 g/mol. The third-order valence-electron chi connectivity index (χ3n) is 7.09. The van der Waals surface area contributed by atoms with Crippen LogP contribution in [0.3, 0.4) is 0 Å². The van der Waals surface area contributed by atoms with E-state index in [0.717, 1.165) is 28.1 Å². The Balaban J connectivity index is 1.31. The lowest BCUT2D eigenvalue weighted by Crippen LogP contribution is -2.64. The molecule has 2 unspecified atom stereocenters. The van der Waals surface area contributed by atoms with Gasteiger partial charge in [0, 0.05) is 43.7 Å². The highest BCUT2D eigenvalue weighted by atomic mass is 16.3. The quantitative estimate of drug-likeness (QED) is 0.374. The Hall–Kier alpha value is -4.24. The second-order valence-electron chi connectivity index (χ2n) is 10.3. The SMILES string of the molecule is CC(C)C(=O)N1C(C)CN(Cc2ccccc2-n2cncn2)CC1C(=O)NCc1ccc(-c2ccco2)cc1. The number of nitrogens with zero attached hydrogens (tertiary/aromatic N) is 5. The first-order valence-corrected chi connectivity index (χ1v) is 13.3. The number of aromatic nitrogens is 3. The number of carbonyl (C=O) groups is 2. The zero-order valence-corrected chi connectivity index (χ0v) is 22.5. The number of benzene rings is 2. The van der Waals surface area contributed by atoms with Gasteiger partial charge < -0.3 is 14.6 Å². The van der Waals surface area contributed by atoms with Gasteiger partial charge in [-0.15, -0.1) is 0 Å². The van der Waals surface area contributed by atoms with Crippen LogP contribution in [0.25, 0.3) is 17.0 Å². The second kappa shape index (κ2) is 11.7. The van der Waals surface area contributed by atoms with Gasteiger partial charge in [-0.2, -0.15) is 5.10 Å². The standard InChI is InChI=1S/C30H34N6O3/c1-21(2)30(38)36-22(3)16-34(17-25-7-4-5-8-26(25)35-20-31-19-33-35)18-27(36)29(37)32-15-23-10-12-24(13-11-23)28-9-6-14-39-28/h4-14,19-22,27H,15-18H2,1-3H3,(H,32,37). The molecule has 1 aliphatic rings. The summed E-state index contributed by atoms with van der Waals surface area (Å²) >= 11 is 0. The Bertz CT molecular complexity index is 1380. The lowest BCUT2D eigenvalue weighted by molar-refractivity contribution is -0.150. The first-order chi connectivity index (χ1) is 18.9. The van der Waals surface area contributed by atoms with Gasteiger partial charge in [0.2, 0.25) is 11.8 Å². The molecule has 1 fully saturated rings. The molecule has 9 heteroatoms. The maximum Gasteiger partial charge on any atom is 0.244 e. The molecule has 0 spiro atoms. The molecule has 0 saturated carbocycles. The third kappa shape index (κ3) is 5.93. The summed E-state index contributed by atoms with van der Waals surface area (Å²) in [4.78, 5) is 34.9. The number of rotatable bonds is 8. The minimum Gasteiger partial charge on any atom is -0.464 e. The second-order valence-corrected chi connectivity index (χ2v) is 10.3. The predicted octanol–water partition coefficient (Wildman–Crippen LogP) is 3.90. The highest BCUT2D eigenvalue weighted by Crippen LogP contribution is 2.24. The maximum absolute atomic E-state index is 13.6. The number of piperazine rings is 1. The summed E-state index contributed by atoms with van der Waals surface area (Å²) in [6, 6.07) is 19.0. The Morgan fingerprint density at radius 2 is 1.85 bits per heavy atom.